The van der Waals surface area contributed by atoms with Crippen molar-refractivity contribution < 1.29 is 14.4 Å². The Balaban J connectivity index is 0.00000210. The molecule has 3 aliphatic rings. The molecule has 2 N–H and O–H groups in total. The number of piperazine rings is 1. The van der Waals surface area contributed by atoms with Crippen LogP contribution in [-0.4, -0.2) is 68.9 Å². The number of imidazole rings is 1. The van der Waals surface area contributed by atoms with Crippen molar-refractivity contribution in [3.63, 3.8) is 0 Å². The number of amides is 4. The fourth-order valence-corrected chi connectivity index (χ4v) is 3.95. The van der Waals surface area contributed by atoms with Gasteiger partial charge in [-0.25, -0.2) is 9.78 Å². The van der Waals surface area contributed by atoms with Crippen molar-refractivity contribution >= 4 is 30.3 Å². The van der Waals surface area contributed by atoms with Crippen LogP contribution in [0.15, 0.2) is 12.4 Å². The molecule has 9 nitrogen and oxygen atoms in total. The monoisotopic (exact) mass is 396 g/mol. The number of carbonyl (C=O) groups excluding carboxylic acids is 3. The standard InChI is InChI=1S/C17H24N6O3.ClH/c1-17(11-3-4-11)15(25)23(16(26)20-17)10-13(24)22-8-5-18-9-12(22)14-19-6-7-21(14)2;/h6-7,11-12,18H,3-5,8-10H2,1-2H3,(H,20,26);1H. The molecule has 148 valence electrons. The first kappa shape index (κ1) is 19.6. The second-order valence-corrected chi connectivity index (χ2v) is 7.50. The van der Waals surface area contributed by atoms with E-state index in [9.17, 15) is 14.4 Å². The number of rotatable bonds is 4. The Bertz CT molecular complexity index is 764. The van der Waals surface area contributed by atoms with E-state index in [-0.39, 0.29) is 42.7 Å². The zero-order valence-electron chi connectivity index (χ0n) is 15.5. The molecule has 1 aromatic rings. The molecule has 0 spiro atoms. The van der Waals surface area contributed by atoms with E-state index in [1.165, 1.54) is 0 Å². The minimum Gasteiger partial charge on any atom is -0.336 e. The first-order valence-corrected chi connectivity index (χ1v) is 9.03. The molecule has 0 aromatic carbocycles. The van der Waals surface area contributed by atoms with Crippen molar-refractivity contribution in [2.75, 3.05) is 26.2 Å². The van der Waals surface area contributed by atoms with Crippen LogP contribution in [0.2, 0.25) is 0 Å². The molecule has 0 radical (unpaired) electrons. The van der Waals surface area contributed by atoms with Gasteiger partial charge in [0.15, 0.2) is 0 Å². The lowest BCUT2D eigenvalue weighted by atomic mass is 9.96. The number of hydrogen-bond acceptors (Lipinski definition) is 5. The lowest BCUT2D eigenvalue weighted by molar-refractivity contribution is -0.141. The quantitative estimate of drug-likeness (QED) is 0.700. The van der Waals surface area contributed by atoms with Crippen LogP contribution in [0.4, 0.5) is 4.79 Å². The number of aryl methyl sites for hydroxylation is 1. The Morgan fingerprint density at radius 1 is 1.37 bits per heavy atom. The van der Waals surface area contributed by atoms with Gasteiger partial charge in [-0.1, -0.05) is 0 Å². The van der Waals surface area contributed by atoms with Gasteiger partial charge in [-0.15, -0.1) is 12.4 Å². The number of halogens is 1. The number of urea groups is 1. The second kappa shape index (κ2) is 7.12. The van der Waals surface area contributed by atoms with E-state index in [0.717, 1.165) is 23.6 Å². The van der Waals surface area contributed by atoms with Gasteiger partial charge in [0.1, 0.15) is 23.9 Å². The molecule has 3 heterocycles. The third-order valence-corrected chi connectivity index (χ3v) is 5.71. The molecule has 2 unspecified atom stereocenters. The Kier molecular flexibility index (Phi) is 5.18. The average Bonchev–Trinajstić information content (AvgIpc) is 3.36. The van der Waals surface area contributed by atoms with E-state index in [1.54, 1.807) is 18.0 Å². The number of nitrogens with zero attached hydrogens (tertiary/aromatic N) is 4. The van der Waals surface area contributed by atoms with Crippen molar-refractivity contribution in [1.82, 2.24) is 30.0 Å². The van der Waals surface area contributed by atoms with Crippen LogP contribution >= 0.6 is 12.4 Å². The highest BCUT2D eigenvalue weighted by molar-refractivity contribution is 6.09. The summed E-state index contributed by atoms with van der Waals surface area (Å²) in [5, 5.41) is 6.06. The van der Waals surface area contributed by atoms with Gasteiger partial charge in [-0.2, -0.15) is 0 Å². The summed E-state index contributed by atoms with van der Waals surface area (Å²) in [5.74, 6) is 0.439. The van der Waals surface area contributed by atoms with Gasteiger partial charge in [-0.05, 0) is 25.7 Å². The SMILES string of the molecule is Cl.Cn1ccnc1C1CNCCN1C(=O)CN1C(=O)NC(C)(C2CC2)C1=O. The van der Waals surface area contributed by atoms with Crippen molar-refractivity contribution in [1.29, 1.82) is 0 Å². The molecule has 4 rings (SSSR count). The van der Waals surface area contributed by atoms with E-state index < -0.39 is 11.6 Å². The molecular formula is C17H25ClN6O3. The van der Waals surface area contributed by atoms with Gasteiger partial charge in [0, 0.05) is 39.1 Å². The van der Waals surface area contributed by atoms with Crippen molar-refractivity contribution in [3.05, 3.63) is 18.2 Å². The van der Waals surface area contributed by atoms with Gasteiger partial charge >= 0.3 is 6.03 Å². The minimum atomic E-state index is -0.861. The molecule has 2 saturated heterocycles. The van der Waals surface area contributed by atoms with Gasteiger partial charge < -0.3 is 20.1 Å². The predicted molar refractivity (Wildman–Crippen MR) is 99.2 cm³/mol. The van der Waals surface area contributed by atoms with Crippen molar-refractivity contribution in [2.24, 2.45) is 13.0 Å². The number of aromatic nitrogens is 2. The minimum absolute atomic E-state index is 0. The Labute approximate surface area is 163 Å². The summed E-state index contributed by atoms with van der Waals surface area (Å²) < 4.78 is 1.88. The Morgan fingerprint density at radius 2 is 2.11 bits per heavy atom. The first-order valence-electron chi connectivity index (χ1n) is 9.03. The molecule has 1 aliphatic carbocycles. The molecule has 3 fully saturated rings. The number of nitrogens with one attached hydrogen (secondary N) is 2. The van der Waals surface area contributed by atoms with Crippen molar-refractivity contribution in [3.8, 4) is 0 Å². The second-order valence-electron chi connectivity index (χ2n) is 7.50. The smallest absolute Gasteiger partial charge is 0.325 e. The van der Waals surface area contributed by atoms with Crippen LogP contribution in [0.1, 0.15) is 31.6 Å². The van der Waals surface area contributed by atoms with Crippen LogP contribution in [-0.2, 0) is 16.6 Å². The molecule has 2 aliphatic heterocycles. The average molecular weight is 397 g/mol. The van der Waals surface area contributed by atoms with Crippen molar-refractivity contribution in [2.45, 2.75) is 31.3 Å². The summed E-state index contributed by atoms with van der Waals surface area (Å²) in [6.45, 7) is 3.31. The highest BCUT2D eigenvalue weighted by Gasteiger charge is 2.56. The summed E-state index contributed by atoms with van der Waals surface area (Å²) in [6, 6.07) is -0.687. The lowest BCUT2D eigenvalue weighted by Crippen LogP contribution is -2.53. The van der Waals surface area contributed by atoms with Gasteiger partial charge in [0.2, 0.25) is 5.91 Å². The summed E-state index contributed by atoms with van der Waals surface area (Å²) in [5.41, 5.74) is -0.861. The van der Waals surface area contributed by atoms with Crippen LogP contribution < -0.4 is 10.6 Å². The van der Waals surface area contributed by atoms with Crippen LogP contribution in [0.25, 0.3) is 0 Å². The molecule has 0 bridgehead atoms. The predicted octanol–water partition coefficient (Wildman–Crippen LogP) is 0.0353. The van der Waals surface area contributed by atoms with Crippen LogP contribution in [0.3, 0.4) is 0 Å². The molecule has 1 aromatic heterocycles. The Hall–Kier alpha value is -2.13. The van der Waals surface area contributed by atoms with Crippen LogP contribution in [0.5, 0.6) is 0 Å². The fraction of sp³-hybridized carbons (Fsp3) is 0.647. The summed E-state index contributed by atoms with van der Waals surface area (Å²) in [7, 11) is 1.89. The van der Waals surface area contributed by atoms with Crippen LogP contribution in [0, 0.1) is 5.92 Å². The maximum atomic E-state index is 12.9. The number of carbonyl (C=O) groups is 3. The summed E-state index contributed by atoms with van der Waals surface area (Å²) in [4.78, 5) is 45.1. The maximum absolute atomic E-state index is 12.9. The Morgan fingerprint density at radius 3 is 2.74 bits per heavy atom. The van der Waals surface area contributed by atoms with Gasteiger partial charge in [0.25, 0.3) is 5.91 Å². The van der Waals surface area contributed by atoms with E-state index in [2.05, 4.69) is 15.6 Å². The van der Waals surface area contributed by atoms with Gasteiger partial charge in [-0.3, -0.25) is 14.5 Å². The normalized spacial score (nSPS) is 28.1. The van der Waals surface area contributed by atoms with E-state index in [4.69, 9.17) is 0 Å². The highest BCUT2D eigenvalue weighted by atomic mass is 35.5. The number of hydrogen-bond donors (Lipinski definition) is 2. The third kappa shape index (κ3) is 3.29. The summed E-state index contributed by atoms with van der Waals surface area (Å²) >= 11 is 0. The fourth-order valence-electron chi connectivity index (χ4n) is 3.95. The van der Waals surface area contributed by atoms with Gasteiger partial charge in [0.05, 0.1) is 0 Å². The van der Waals surface area contributed by atoms with E-state index in [1.807, 2.05) is 17.8 Å². The topological polar surface area (TPSA) is 99.6 Å². The first-order chi connectivity index (χ1) is 12.4. The van der Waals surface area contributed by atoms with E-state index in [0.29, 0.717) is 19.6 Å². The molecule has 27 heavy (non-hydrogen) atoms. The van der Waals surface area contributed by atoms with E-state index >= 15 is 0 Å². The highest BCUT2D eigenvalue weighted by Crippen LogP contribution is 2.42. The zero-order chi connectivity index (χ0) is 18.5. The lowest BCUT2D eigenvalue weighted by Gasteiger charge is -2.36. The molecule has 2 atom stereocenters. The molecular weight excluding hydrogens is 372 g/mol. The number of imide groups is 1. The maximum Gasteiger partial charge on any atom is 0.325 e. The molecule has 10 heteroatoms. The molecule has 4 amide bonds. The largest absolute Gasteiger partial charge is 0.336 e. The zero-order valence-corrected chi connectivity index (χ0v) is 16.3. The molecule has 1 saturated carbocycles. The third-order valence-electron chi connectivity index (χ3n) is 5.71. The summed E-state index contributed by atoms with van der Waals surface area (Å²) in [6.07, 6.45) is 5.41.